The minimum absolute atomic E-state index is 0.396. The number of pyridine rings is 1. The van der Waals surface area contributed by atoms with Gasteiger partial charge in [-0.25, -0.2) is 49.8 Å². The van der Waals surface area contributed by atoms with Gasteiger partial charge in [-0.3, -0.25) is 25.0 Å². The summed E-state index contributed by atoms with van der Waals surface area (Å²) >= 11 is 4.81. The molecule has 16 heterocycles. The molecule has 0 aliphatic carbocycles. The Balaban J connectivity index is -0.0000000791. The molecule has 0 amide bonds. The Bertz CT molecular complexity index is 2540. The van der Waals surface area contributed by atoms with Gasteiger partial charge in [0.1, 0.15) is 61.1 Å². The highest BCUT2D eigenvalue weighted by Crippen LogP contribution is 2.04. The summed E-state index contributed by atoms with van der Waals surface area (Å²) in [6.45, 7) is 61.9. The number of hydrogen-bond donors (Lipinski definition) is 4. The minimum atomic E-state index is 0.396. The lowest BCUT2D eigenvalue weighted by atomic mass is 10.2. The van der Waals surface area contributed by atoms with E-state index in [2.05, 4.69) is 178 Å². The van der Waals surface area contributed by atoms with Gasteiger partial charge in [0.15, 0.2) is 18.5 Å². The second kappa shape index (κ2) is 172. The molecule has 0 atom stereocenters. The number of aromatic nitrogens is 29. The molecule has 117 heavy (non-hydrogen) atoms. The summed E-state index contributed by atoms with van der Waals surface area (Å²) < 4.78 is 17.6. The van der Waals surface area contributed by atoms with Crippen molar-refractivity contribution in [2.45, 2.75) is 221 Å². The van der Waals surface area contributed by atoms with Crippen molar-refractivity contribution in [1.29, 1.82) is 0 Å². The van der Waals surface area contributed by atoms with E-state index in [4.69, 9.17) is 0 Å². The van der Waals surface area contributed by atoms with Crippen molar-refractivity contribution in [3.63, 3.8) is 0 Å². The molecule has 0 spiro atoms. The van der Waals surface area contributed by atoms with Crippen LogP contribution in [0, 0.1) is 6.92 Å². The van der Waals surface area contributed by atoms with Crippen molar-refractivity contribution in [3.05, 3.63) is 299 Å². The first-order chi connectivity index (χ1) is 58.2. The molecule has 0 aromatic carbocycles. The maximum Gasteiger partial charge on any atom is 0.213 e. The van der Waals surface area contributed by atoms with Crippen molar-refractivity contribution in [2.24, 2.45) is 0 Å². The molecule has 33 nitrogen and oxygen atoms in total. The van der Waals surface area contributed by atoms with Gasteiger partial charge in [0.2, 0.25) is 19.2 Å². The average molecular weight is 1690 g/mol. The molecule has 0 radical (unpaired) electrons. The van der Waals surface area contributed by atoms with Gasteiger partial charge in [0.25, 0.3) is 0 Å². The van der Waals surface area contributed by atoms with Crippen molar-refractivity contribution in [2.75, 3.05) is 0 Å². The Morgan fingerprint density at radius 2 is 0.846 bits per heavy atom. The number of thiophene rings is 1. The Morgan fingerprint density at radius 1 is 0.316 bits per heavy atom. The quantitative estimate of drug-likeness (QED) is 0.119. The number of oxazole rings is 1. The van der Waals surface area contributed by atoms with Crippen LogP contribution in [-0.2, 0) is 0 Å². The van der Waals surface area contributed by atoms with Crippen LogP contribution in [0.25, 0.3) is 0 Å². The molecule has 0 saturated carbocycles. The maximum atomic E-state index is 4.58. The number of tetrazole rings is 1. The van der Waals surface area contributed by atoms with Crippen molar-refractivity contribution < 1.29 is 17.8 Å². The molecule has 16 aromatic heterocycles. The number of thiazole rings is 1. The first-order valence-corrected chi connectivity index (χ1v) is 41.6. The van der Waals surface area contributed by atoms with Gasteiger partial charge in [-0.05, 0) is 60.1 Å². The smallest absolute Gasteiger partial charge is 0.213 e. The van der Waals surface area contributed by atoms with Gasteiger partial charge in [0, 0.05) is 98.1 Å². The van der Waals surface area contributed by atoms with E-state index in [0.29, 0.717) is 11.7 Å². The number of imidazole rings is 1. The minimum Gasteiger partial charge on any atom is -0.473 e. The van der Waals surface area contributed by atoms with Gasteiger partial charge in [-0.15, -0.1) is 58.4 Å². The molecule has 16 aromatic rings. The predicted octanol–water partition coefficient (Wildman–Crippen LogP) is 23.5. The zero-order chi connectivity index (χ0) is 91.4. The van der Waals surface area contributed by atoms with E-state index in [1.54, 1.807) is 152 Å². The number of nitrogens with one attached hydrogen (secondary N) is 4. The van der Waals surface area contributed by atoms with E-state index in [-0.39, 0.29) is 0 Å². The van der Waals surface area contributed by atoms with Crippen LogP contribution in [0.2, 0.25) is 0 Å². The van der Waals surface area contributed by atoms with Crippen LogP contribution in [0.4, 0.5) is 0 Å². The number of aromatic amines is 4. The SMILES string of the molecule is CC.CC.CC.CC.CC.CC.CC.CC.CC.CC.CC.CC.CC.CC.CC(C)c1ncncn1.Cc1nn[nH]n1.c1c[nH]cn1.c1cc[nH]c1.c1ccncc1.c1ccoc1.c1ccsc1.c1cnccn1.c1cncnc1.c1cnncn1.c1cocn1.c1cscn1.c1nc[nH]n1.c1ncon1.c1nnco1.c1nncs1. The highest BCUT2D eigenvalue weighted by atomic mass is 32.1. The number of rotatable bonds is 1. The monoisotopic (exact) mass is 1680 g/mol. The zero-order valence-corrected chi connectivity index (χ0v) is 78.2. The molecular formula is C81H145N29O4S3. The predicted molar refractivity (Wildman–Crippen MR) is 486 cm³/mol. The van der Waals surface area contributed by atoms with E-state index in [9.17, 15) is 0 Å². The topological polar surface area (TPSA) is 438 Å². The normalized spacial score (nSPS) is 7.01. The molecule has 0 saturated heterocycles. The number of nitrogens with zero attached hydrogens (tertiary/aromatic N) is 25. The van der Waals surface area contributed by atoms with Crippen molar-refractivity contribution >= 4 is 34.0 Å². The van der Waals surface area contributed by atoms with E-state index in [1.165, 1.54) is 93.7 Å². The summed E-state index contributed by atoms with van der Waals surface area (Å²) in [5.74, 6) is 1.92. The van der Waals surface area contributed by atoms with E-state index in [0.717, 1.165) is 5.82 Å². The van der Waals surface area contributed by atoms with Gasteiger partial charge >= 0.3 is 0 Å². The summed E-state index contributed by atoms with van der Waals surface area (Å²) in [5.41, 5.74) is 5.15. The second-order valence-electron chi connectivity index (χ2n) is 13.7. The second-order valence-corrected chi connectivity index (χ2v) is 16.0. The van der Waals surface area contributed by atoms with Crippen LogP contribution in [0.1, 0.15) is 225 Å². The highest BCUT2D eigenvalue weighted by Gasteiger charge is 1.98. The Labute approximate surface area is 713 Å². The van der Waals surface area contributed by atoms with E-state index < -0.39 is 0 Å². The number of furan rings is 1. The van der Waals surface area contributed by atoms with Crippen LogP contribution >= 0.6 is 34.0 Å². The Hall–Kier alpha value is -12.3. The third-order valence-corrected chi connectivity index (χ3v) is 8.62. The van der Waals surface area contributed by atoms with Crippen LogP contribution in [0.15, 0.2) is 305 Å². The lowest BCUT2D eigenvalue weighted by Crippen LogP contribution is -1.95. The zero-order valence-electron chi connectivity index (χ0n) is 75.8. The lowest BCUT2D eigenvalue weighted by Gasteiger charge is -1.98. The van der Waals surface area contributed by atoms with E-state index in [1.807, 2.05) is 277 Å². The van der Waals surface area contributed by atoms with Crippen LogP contribution < -0.4 is 0 Å². The first-order valence-electron chi connectivity index (χ1n) is 38.8. The summed E-state index contributed by atoms with van der Waals surface area (Å²) in [7, 11) is 0. The van der Waals surface area contributed by atoms with Gasteiger partial charge in [0.05, 0.1) is 36.8 Å². The molecule has 0 aliphatic heterocycles. The summed E-state index contributed by atoms with van der Waals surface area (Å²) in [6.07, 6.45) is 48.9. The molecule has 36 heteroatoms. The first kappa shape index (κ1) is 137. The standard InChI is InChI=1S/C6H9N3.C5H5N.2C4H4N2.C4H5N.C4H4O.C4H4S.C3H3N3.C3H4N2.C3H3NO.C3H3NS.C2H4N4.C2H3N3.2C2H2N2O.C2H2N2S.14C2H6/c1-5(2)6-8-3-7-4-9-6;1-2-4-6-5-3-1;1-2-6-4-3-5-1;1-2-5-4-6-3-1;3*1-2-4-5-3-1;1-2-5-6-3-4-1;3*1-2-5-3-4-1;1-2-3-5-6-4-2;1-3-2-5-4-1;1-3-4-2-5-1;1-3-2-5-4-1;1-3-4-2-5-1;14*1-2/h3-5H,1-2H3;1-5H;2*1-4H;1-5H;2*1-4H;1-3H;1-3H,(H,4,5);2*1-3H;1H3,(H,3,4,5,6);1-2H,(H,3,4,5);3*1-2H;14*1-2H3. The molecule has 656 valence electrons. The molecule has 0 unspecified atom stereocenters. The fraction of sp³-hybridized carbons (Fsp3) is 0.395. The molecule has 16 rings (SSSR count). The van der Waals surface area contributed by atoms with Crippen LogP contribution in [0.3, 0.4) is 0 Å². The third-order valence-electron chi connectivity index (χ3n) is 7.03. The van der Waals surface area contributed by atoms with E-state index >= 15 is 0 Å². The average Bonchev–Trinajstić information content (AvgIpc) is 1.49. The summed E-state index contributed by atoms with van der Waals surface area (Å²) in [4.78, 5) is 57.4. The molecule has 0 aliphatic rings. The number of hydrogen-bond acceptors (Lipinski definition) is 32. The van der Waals surface area contributed by atoms with Crippen molar-refractivity contribution in [1.82, 2.24) is 146 Å². The molecule has 4 N–H and O–H groups in total. The summed E-state index contributed by atoms with van der Waals surface area (Å²) in [6, 6.07) is 19.1. The van der Waals surface area contributed by atoms with Crippen LogP contribution in [0.5, 0.6) is 0 Å². The molecular weight excluding hydrogens is 1540 g/mol. The van der Waals surface area contributed by atoms with Gasteiger partial charge in [-0.2, -0.15) is 26.7 Å². The van der Waals surface area contributed by atoms with Gasteiger partial charge < -0.3 is 27.7 Å². The lowest BCUT2D eigenvalue weighted by molar-refractivity contribution is 0.416. The fourth-order valence-electron chi connectivity index (χ4n) is 3.66. The summed E-state index contributed by atoms with van der Waals surface area (Å²) in [5, 5.41) is 48.4. The van der Waals surface area contributed by atoms with Gasteiger partial charge in [-0.1, -0.05) is 236 Å². The van der Waals surface area contributed by atoms with Crippen LogP contribution in [-0.4, -0.2) is 146 Å². The largest absolute Gasteiger partial charge is 0.473 e. The number of aryl methyl sites for hydroxylation is 1. The number of H-pyrrole nitrogens is 4. The Kier molecular flexibility index (Phi) is 201. The molecule has 0 bridgehead atoms. The van der Waals surface area contributed by atoms with Crippen molar-refractivity contribution in [3.8, 4) is 0 Å². The highest BCUT2D eigenvalue weighted by molar-refractivity contribution is 7.08. The maximum absolute atomic E-state index is 4.58. The fourth-order valence-corrected chi connectivity index (χ4v) is 4.73. The third kappa shape index (κ3) is 165. The molecule has 0 fully saturated rings. The Morgan fingerprint density at radius 3 is 1.00 bits per heavy atom.